The number of hydrogen-bond acceptors (Lipinski definition) is 8. The first-order valence-electron chi connectivity index (χ1n) is 22.0. The molecule has 5 atom stereocenters. The summed E-state index contributed by atoms with van der Waals surface area (Å²) >= 11 is 0. The molecule has 0 radical (unpaired) electrons. The number of ketones is 1. The van der Waals surface area contributed by atoms with E-state index in [1.165, 1.54) is 28.4 Å². The van der Waals surface area contributed by atoms with E-state index in [1.807, 2.05) is 13.8 Å². The summed E-state index contributed by atoms with van der Waals surface area (Å²) in [6.07, 6.45) is -13.0. The Morgan fingerprint density at radius 2 is 1.11 bits per heavy atom. The van der Waals surface area contributed by atoms with Crippen molar-refractivity contribution in [2.75, 3.05) is 13.1 Å². The Morgan fingerprint density at radius 1 is 0.686 bits per heavy atom. The van der Waals surface area contributed by atoms with E-state index in [-0.39, 0.29) is 69.2 Å². The van der Waals surface area contributed by atoms with Gasteiger partial charge in [-0.25, -0.2) is 9.69 Å². The third kappa shape index (κ3) is 10.8. The number of allylic oxidation sites excluding steroid dienone is 3. The van der Waals surface area contributed by atoms with Crippen LogP contribution in [0, 0.1) is 25.0 Å². The van der Waals surface area contributed by atoms with Gasteiger partial charge in [-0.2, -0.15) is 36.5 Å². The largest absolute Gasteiger partial charge is 0.392 e. The highest BCUT2D eigenvalue weighted by Gasteiger charge is 2.47. The van der Waals surface area contributed by atoms with Gasteiger partial charge in [-0.1, -0.05) is 48.5 Å². The molecular weight excluding hydrogens is 927 g/mol. The molecule has 2 aliphatic heterocycles. The van der Waals surface area contributed by atoms with Gasteiger partial charge in [-0.05, 0) is 49.9 Å². The summed E-state index contributed by atoms with van der Waals surface area (Å²) in [5.41, 5.74) is 3.19. The van der Waals surface area contributed by atoms with Crippen LogP contribution in [0.3, 0.4) is 0 Å². The Bertz CT molecular complexity index is 2890. The van der Waals surface area contributed by atoms with Crippen molar-refractivity contribution in [3.8, 4) is 0 Å². The monoisotopic (exact) mass is 972 g/mol. The average molecular weight is 973 g/mol. The molecule has 0 saturated heterocycles. The minimum atomic E-state index is -4.59. The molecule has 4 aliphatic rings. The lowest BCUT2D eigenvalue weighted by atomic mass is 9.83. The molecule has 0 saturated carbocycles. The molecule has 3 N–H and O–H groups in total. The Morgan fingerprint density at radius 3 is 1.56 bits per heavy atom. The van der Waals surface area contributed by atoms with Gasteiger partial charge in [0.05, 0.1) is 60.1 Å². The van der Waals surface area contributed by atoms with Gasteiger partial charge in [0, 0.05) is 69.8 Å². The van der Waals surface area contributed by atoms with E-state index in [0.717, 1.165) is 18.1 Å². The normalized spacial score (nSPS) is 21.6. The number of alkyl halides is 6. The number of rotatable bonds is 8. The fraction of sp³-hybridized carbons (Fsp3) is 0.396. The molecule has 70 heavy (non-hydrogen) atoms. The molecule has 0 spiro atoms. The Hall–Kier alpha value is -7.59. The third-order valence-electron chi connectivity index (χ3n) is 12.4. The van der Waals surface area contributed by atoms with Crippen molar-refractivity contribution in [2.24, 2.45) is 11.8 Å². The predicted octanol–water partition coefficient (Wildman–Crippen LogP) is 7.87. The fourth-order valence-corrected chi connectivity index (χ4v) is 9.09. The zero-order chi connectivity index (χ0) is 51.0. The number of carbonyl (C=O) groups excluding carboxylic acids is 5. The number of fused-ring (bicyclic) bond motifs is 2. The van der Waals surface area contributed by atoms with E-state index in [4.69, 9.17) is 13.1 Å². The van der Waals surface area contributed by atoms with Gasteiger partial charge in [0.1, 0.15) is 11.4 Å². The van der Waals surface area contributed by atoms with Gasteiger partial charge in [-0.3, -0.25) is 33.3 Å². The van der Waals surface area contributed by atoms with Crippen LogP contribution >= 0.6 is 0 Å². The number of nitrogens with zero attached hydrogens (tertiary/aromatic N) is 8. The van der Waals surface area contributed by atoms with Gasteiger partial charge in [0.2, 0.25) is 11.8 Å². The third-order valence-corrected chi connectivity index (χ3v) is 12.4. The molecule has 8 rings (SSSR count). The van der Waals surface area contributed by atoms with Crippen molar-refractivity contribution >= 4 is 51.9 Å². The summed E-state index contributed by atoms with van der Waals surface area (Å²) < 4.78 is 83.1. The minimum absolute atomic E-state index is 0.0362. The number of halogens is 6. The van der Waals surface area contributed by atoms with Crippen LogP contribution in [0.1, 0.15) is 109 Å². The molecule has 3 unspecified atom stereocenters. The number of carbonyl (C=O) groups is 5. The zero-order valence-electron chi connectivity index (χ0n) is 38.2. The van der Waals surface area contributed by atoms with E-state index in [9.17, 15) is 55.4 Å². The van der Waals surface area contributed by atoms with E-state index in [1.54, 1.807) is 58.3 Å². The zero-order valence-corrected chi connectivity index (χ0v) is 38.2. The molecule has 16 nitrogen and oxygen atoms in total. The second-order valence-electron chi connectivity index (χ2n) is 17.7. The minimum Gasteiger partial charge on any atom is -0.388 e. The maximum absolute atomic E-state index is 13.4. The van der Waals surface area contributed by atoms with Crippen LogP contribution < -0.4 is 10.6 Å². The highest BCUT2D eigenvalue weighted by atomic mass is 19.4. The SMILES string of the molecule is [C-]#[N+]c1ccc(CN2C[C@H](C)n3nc(C4=C(NC(C)=O)CC(C(F)(F)F)CC4=O)cc3C2=O)cc1.[C-]#[N+]c1ccc(CN2C[C@H](C)n3nc(C4=C(NC(C)=O)CC(C(F)(F)F)CC4O)cc3C2=O)cc1. The van der Waals surface area contributed by atoms with Crippen molar-refractivity contribution in [1.82, 2.24) is 40.0 Å². The summed E-state index contributed by atoms with van der Waals surface area (Å²) in [6, 6.07) is 16.2. The number of aromatic nitrogens is 4. The van der Waals surface area contributed by atoms with Crippen LogP contribution in [0.15, 0.2) is 72.1 Å². The van der Waals surface area contributed by atoms with E-state index >= 15 is 0 Å². The summed E-state index contributed by atoms with van der Waals surface area (Å²) in [7, 11) is 0. The molecule has 2 aromatic carbocycles. The molecule has 4 heterocycles. The van der Waals surface area contributed by atoms with Gasteiger partial charge >= 0.3 is 12.4 Å². The predicted molar refractivity (Wildman–Crippen MR) is 239 cm³/mol. The molecular formula is C48H46F6N10O6. The second kappa shape index (κ2) is 19.8. The average Bonchev–Trinajstić information content (AvgIpc) is 3.94. The molecule has 4 aromatic rings. The lowest BCUT2D eigenvalue weighted by molar-refractivity contribution is -0.181. The molecule has 4 amide bonds. The number of aliphatic hydroxyl groups is 1. The van der Waals surface area contributed by atoms with Gasteiger partial charge < -0.3 is 25.5 Å². The lowest BCUT2D eigenvalue weighted by Gasteiger charge is -2.32. The van der Waals surface area contributed by atoms with Crippen LogP contribution in [-0.2, 0) is 27.5 Å². The van der Waals surface area contributed by atoms with Crippen molar-refractivity contribution in [3.63, 3.8) is 0 Å². The van der Waals surface area contributed by atoms with Gasteiger partial charge in [-0.15, -0.1) is 0 Å². The summed E-state index contributed by atoms with van der Waals surface area (Å²) in [4.78, 5) is 72.6. The quantitative estimate of drug-likeness (QED) is 0.118. The fourth-order valence-electron chi connectivity index (χ4n) is 9.09. The Labute approximate surface area is 397 Å². The number of nitrogens with one attached hydrogen (secondary N) is 2. The summed E-state index contributed by atoms with van der Waals surface area (Å²) in [6.45, 7) is 21.4. The number of benzene rings is 2. The summed E-state index contributed by atoms with van der Waals surface area (Å²) in [5.74, 6) is -6.29. The highest BCUT2D eigenvalue weighted by Crippen LogP contribution is 2.43. The molecule has 366 valence electrons. The van der Waals surface area contributed by atoms with E-state index in [2.05, 4.69) is 30.5 Å². The molecule has 2 aliphatic carbocycles. The molecule has 0 bridgehead atoms. The molecule has 2 aromatic heterocycles. The topological polar surface area (TPSA) is 180 Å². The first kappa shape index (κ1) is 50.3. The van der Waals surface area contributed by atoms with Crippen molar-refractivity contribution < 1.29 is 55.4 Å². The first-order chi connectivity index (χ1) is 32.9. The second-order valence-corrected chi connectivity index (χ2v) is 17.7. The van der Waals surface area contributed by atoms with E-state index in [0.29, 0.717) is 37.6 Å². The maximum atomic E-state index is 13.4. The van der Waals surface area contributed by atoms with Crippen LogP contribution in [0.2, 0.25) is 0 Å². The highest BCUT2D eigenvalue weighted by molar-refractivity contribution is 6.22. The van der Waals surface area contributed by atoms with Gasteiger partial charge in [0.15, 0.2) is 17.2 Å². The van der Waals surface area contributed by atoms with Crippen molar-refractivity contribution in [3.05, 3.63) is 129 Å². The Kier molecular flexibility index (Phi) is 14.2. The summed E-state index contributed by atoms with van der Waals surface area (Å²) in [5, 5.41) is 24.3. The molecule has 0 fully saturated rings. The Balaban J connectivity index is 0.000000206. The van der Waals surface area contributed by atoms with Crippen LogP contribution in [0.25, 0.3) is 20.8 Å². The van der Waals surface area contributed by atoms with Crippen LogP contribution in [0.5, 0.6) is 0 Å². The van der Waals surface area contributed by atoms with E-state index < -0.39 is 73.6 Å². The number of amides is 4. The maximum Gasteiger partial charge on any atom is 0.392 e. The lowest BCUT2D eigenvalue weighted by Crippen LogP contribution is -2.41. The van der Waals surface area contributed by atoms with Gasteiger partial charge in [0.25, 0.3) is 11.8 Å². The van der Waals surface area contributed by atoms with Crippen LogP contribution in [-0.4, -0.2) is 95.4 Å². The standard InChI is InChI=1S/C24H24F3N5O3.C24H22F3N5O3/c2*1-13-11-31(12-15-4-6-17(28-3)7-5-15)23(35)20-10-19(30-32(13)20)22-18(29-14(2)33)8-16(9-21(22)34)24(25,26)27/h4-7,10,13,16,21,34H,8-9,11-12H2,1-2H3,(H,29,33);4-7,10,13,16H,8-9,11-12H2,1-2H3,(H,29,33)/t13-,16?,21?;13-,16?/m00/s1. The number of Topliss-reactive ketones (excluding diaryl/α,β-unsaturated/α-hetero) is 1. The number of aliphatic hydroxyl groups excluding tert-OH is 1. The smallest absolute Gasteiger partial charge is 0.388 e. The van der Waals surface area contributed by atoms with Crippen LogP contribution in [0.4, 0.5) is 37.7 Å². The molecule has 22 heteroatoms. The first-order valence-corrected chi connectivity index (χ1v) is 22.0. The van der Waals surface area contributed by atoms with Crippen molar-refractivity contribution in [2.45, 2.75) is 97.0 Å². The van der Waals surface area contributed by atoms with Crippen molar-refractivity contribution in [1.29, 1.82) is 0 Å². The number of hydrogen-bond donors (Lipinski definition) is 3.